The SMILES string of the molecule is CCN(CC)C(=O)Nc1ccc(S(=O)(=O)N2C(=O)C(N[C@@H](CCCCN)C(=O)OC)(c3ccccc3Cl)c3cc(Cl)ccc32)cc1. The fourth-order valence-corrected chi connectivity index (χ4v) is 7.43. The summed E-state index contributed by atoms with van der Waals surface area (Å²) in [5.41, 5.74) is 4.56. The van der Waals surface area contributed by atoms with Crippen molar-refractivity contribution in [3.05, 3.63) is 87.9 Å². The molecule has 0 bridgehead atoms. The number of unbranched alkanes of at least 4 members (excludes halogenated alkanes) is 1. The highest BCUT2D eigenvalue weighted by atomic mass is 35.5. The minimum atomic E-state index is -4.56. The van der Waals surface area contributed by atoms with Crippen molar-refractivity contribution in [3.63, 3.8) is 0 Å². The van der Waals surface area contributed by atoms with Crippen molar-refractivity contribution in [2.75, 3.05) is 36.4 Å². The number of rotatable bonds is 13. The molecule has 246 valence electrons. The molecule has 0 radical (unpaired) electrons. The maximum Gasteiger partial charge on any atom is 0.322 e. The van der Waals surface area contributed by atoms with Crippen LogP contribution >= 0.6 is 23.2 Å². The van der Waals surface area contributed by atoms with E-state index < -0.39 is 33.5 Å². The number of carbonyl (C=O) groups is 3. The number of urea groups is 1. The Kier molecular flexibility index (Phi) is 11.3. The van der Waals surface area contributed by atoms with Gasteiger partial charge in [-0.2, -0.15) is 0 Å². The summed E-state index contributed by atoms with van der Waals surface area (Å²) in [6.45, 7) is 5.09. The lowest BCUT2D eigenvalue weighted by Crippen LogP contribution is -2.58. The molecule has 1 aliphatic rings. The zero-order chi connectivity index (χ0) is 33.6. The second kappa shape index (κ2) is 14.8. The third-order valence-corrected chi connectivity index (χ3v) is 10.2. The van der Waals surface area contributed by atoms with Crippen LogP contribution in [0.3, 0.4) is 0 Å². The second-order valence-electron chi connectivity index (χ2n) is 10.6. The van der Waals surface area contributed by atoms with Crippen molar-refractivity contribution in [1.29, 1.82) is 0 Å². The molecule has 2 atom stereocenters. The van der Waals surface area contributed by atoms with E-state index in [2.05, 4.69) is 10.6 Å². The van der Waals surface area contributed by atoms with Crippen LogP contribution in [0, 0.1) is 0 Å². The van der Waals surface area contributed by atoms with Gasteiger partial charge in [-0.25, -0.2) is 17.5 Å². The molecule has 0 fully saturated rings. The predicted molar refractivity (Wildman–Crippen MR) is 179 cm³/mol. The first kappa shape index (κ1) is 35.2. The van der Waals surface area contributed by atoms with Gasteiger partial charge in [0.25, 0.3) is 15.9 Å². The number of anilines is 2. The standard InChI is InChI=1S/C32H37Cl2N5O6S/c1-4-38(5-2)31(42)36-22-14-16-23(17-15-22)46(43,44)39-28-18-13-21(33)20-25(28)32(30(39)41,24-10-6-7-11-26(24)34)37-27(29(40)45-3)12-8-9-19-35/h6-7,10-11,13-18,20,27,37H,4-5,8-9,12,19,35H2,1-3H3,(H,36,42)/t27-,32?/m0/s1. The first-order chi connectivity index (χ1) is 22.0. The van der Waals surface area contributed by atoms with E-state index in [1.54, 1.807) is 29.2 Å². The number of hydrogen-bond acceptors (Lipinski definition) is 8. The van der Waals surface area contributed by atoms with E-state index in [0.29, 0.717) is 42.5 Å². The van der Waals surface area contributed by atoms with Crippen LogP contribution in [0.5, 0.6) is 0 Å². The summed E-state index contributed by atoms with van der Waals surface area (Å²) in [6, 6.07) is 15.0. The molecule has 0 aliphatic carbocycles. The number of carbonyl (C=O) groups excluding carboxylic acids is 3. The summed E-state index contributed by atoms with van der Waals surface area (Å²) in [5, 5.41) is 6.30. The van der Waals surface area contributed by atoms with Crippen LogP contribution in [0.1, 0.15) is 44.2 Å². The fraction of sp³-hybridized carbons (Fsp3) is 0.344. The fourth-order valence-electron chi connectivity index (χ4n) is 5.52. The van der Waals surface area contributed by atoms with Crippen LogP contribution in [-0.2, 0) is 29.9 Å². The van der Waals surface area contributed by atoms with Crippen molar-refractivity contribution in [2.45, 2.75) is 49.6 Å². The van der Waals surface area contributed by atoms with Crippen molar-refractivity contribution in [1.82, 2.24) is 10.2 Å². The van der Waals surface area contributed by atoms with Crippen LogP contribution in [-0.4, -0.2) is 64.0 Å². The smallest absolute Gasteiger partial charge is 0.322 e. The van der Waals surface area contributed by atoms with Crippen LogP contribution in [0.4, 0.5) is 16.2 Å². The summed E-state index contributed by atoms with van der Waals surface area (Å²) < 4.78 is 34.4. The van der Waals surface area contributed by atoms with E-state index in [1.807, 2.05) is 13.8 Å². The van der Waals surface area contributed by atoms with Crippen LogP contribution in [0.2, 0.25) is 10.0 Å². The number of hydrogen-bond donors (Lipinski definition) is 3. The van der Waals surface area contributed by atoms with Gasteiger partial charge in [-0.3, -0.25) is 14.9 Å². The average Bonchev–Trinajstić information content (AvgIpc) is 3.28. The Bertz CT molecular complexity index is 1700. The highest BCUT2D eigenvalue weighted by molar-refractivity contribution is 7.93. The maximum absolute atomic E-state index is 14.8. The largest absolute Gasteiger partial charge is 0.468 e. The maximum atomic E-state index is 14.8. The molecule has 3 amide bonds. The number of amides is 3. The monoisotopic (exact) mass is 689 g/mol. The topological polar surface area (TPSA) is 151 Å². The molecular weight excluding hydrogens is 653 g/mol. The highest BCUT2D eigenvalue weighted by Gasteiger charge is 2.58. The number of nitrogens with zero attached hydrogens (tertiary/aromatic N) is 2. The normalized spacial score (nSPS) is 16.6. The molecule has 0 aromatic heterocycles. The average molecular weight is 691 g/mol. The third-order valence-electron chi connectivity index (χ3n) is 7.88. The molecular formula is C32H37Cl2N5O6S. The molecule has 0 saturated carbocycles. The summed E-state index contributed by atoms with van der Waals surface area (Å²) in [6.07, 6.45) is 1.38. The van der Waals surface area contributed by atoms with Gasteiger partial charge in [0, 0.05) is 39.9 Å². The summed E-state index contributed by atoms with van der Waals surface area (Å²) >= 11 is 13.2. The molecule has 1 aliphatic heterocycles. The number of nitrogens with two attached hydrogens (primary N) is 1. The van der Waals surface area contributed by atoms with Gasteiger partial charge in [-0.05, 0) is 81.8 Å². The van der Waals surface area contributed by atoms with Crippen molar-refractivity contribution in [2.24, 2.45) is 5.73 Å². The third kappa shape index (κ3) is 6.72. The number of sulfonamides is 1. The number of esters is 1. The summed E-state index contributed by atoms with van der Waals surface area (Å²) in [5.74, 6) is -1.56. The van der Waals surface area contributed by atoms with Crippen molar-refractivity contribution in [3.8, 4) is 0 Å². The number of fused-ring (bicyclic) bond motifs is 1. The summed E-state index contributed by atoms with van der Waals surface area (Å²) in [7, 11) is -3.33. The molecule has 4 N–H and O–H groups in total. The van der Waals surface area contributed by atoms with Gasteiger partial charge >= 0.3 is 12.0 Å². The zero-order valence-corrected chi connectivity index (χ0v) is 28.1. The van der Waals surface area contributed by atoms with E-state index in [4.69, 9.17) is 33.7 Å². The molecule has 46 heavy (non-hydrogen) atoms. The van der Waals surface area contributed by atoms with Gasteiger partial charge in [0.2, 0.25) is 0 Å². The summed E-state index contributed by atoms with van der Waals surface area (Å²) in [4.78, 5) is 41.8. The Morgan fingerprint density at radius 2 is 1.67 bits per heavy atom. The Balaban J connectivity index is 1.86. The Labute approximate surface area is 279 Å². The van der Waals surface area contributed by atoms with Gasteiger partial charge in [0.15, 0.2) is 5.54 Å². The van der Waals surface area contributed by atoms with E-state index in [9.17, 15) is 22.8 Å². The predicted octanol–water partition coefficient (Wildman–Crippen LogP) is 5.11. The number of benzene rings is 3. The number of halogens is 2. The van der Waals surface area contributed by atoms with Crippen molar-refractivity contribution >= 4 is 62.5 Å². The lowest BCUT2D eigenvalue weighted by Gasteiger charge is -2.34. The van der Waals surface area contributed by atoms with E-state index >= 15 is 0 Å². The highest BCUT2D eigenvalue weighted by Crippen LogP contribution is 2.49. The van der Waals surface area contributed by atoms with Gasteiger partial charge in [0.1, 0.15) is 6.04 Å². The van der Waals surface area contributed by atoms with Crippen LogP contribution in [0.15, 0.2) is 71.6 Å². The quantitative estimate of drug-likeness (QED) is 0.166. The molecule has 14 heteroatoms. The lowest BCUT2D eigenvalue weighted by atomic mass is 9.82. The van der Waals surface area contributed by atoms with Gasteiger partial charge in [0.05, 0.1) is 17.7 Å². The van der Waals surface area contributed by atoms with Crippen molar-refractivity contribution < 1.29 is 27.5 Å². The molecule has 1 heterocycles. The number of ether oxygens (including phenoxy) is 1. The molecule has 4 rings (SSSR count). The minimum absolute atomic E-state index is 0.0336. The molecule has 11 nitrogen and oxygen atoms in total. The number of methoxy groups -OCH3 is 1. The first-order valence-corrected chi connectivity index (χ1v) is 17.0. The first-order valence-electron chi connectivity index (χ1n) is 14.8. The van der Waals surface area contributed by atoms with Gasteiger partial charge in [-0.1, -0.05) is 47.8 Å². The zero-order valence-electron chi connectivity index (χ0n) is 25.8. The molecule has 3 aromatic carbocycles. The van der Waals surface area contributed by atoms with Crippen LogP contribution < -0.4 is 20.7 Å². The van der Waals surface area contributed by atoms with E-state index in [-0.39, 0.29) is 44.2 Å². The minimum Gasteiger partial charge on any atom is -0.468 e. The second-order valence-corrected chi connectivity index (χ2v) is 13.2. The molecule has 0 spiro atoms. The van der Waals surface area contributed by atoms with E-state index in [0.717, 1.165) is 0 Å². The van der Waals surface area contributed by atoms with E-state index in [1.165, 1.54) is 49.6 Å². The van der Waals surface area contributed by atoms with Gasteiger partial charge < -0.3 is 20.7 Å². The lowest BCUT2D eigenvalue weighted by molar-refractivity contribution is -0.144. The molecule has 3 aromatic rings. The van der Waals surface area contributed by atoms with Gasteiger partial charge in [-0.15, -0.1) is 0 Å². The molecule has 1 unspecified atom stereocenters. The Morgan fingerprint density at radius 3 is 2.28 bits per heavy atom. The Morgan fingerprint density at radius 1 is 1.00 bits per heavy atom. The van der Waals surface area contributed by atoms with Crippen LogP contribution in [0.25, 0.3) is 0 Å². The molecule has 0 saturated heterocycles. The number of nitrogens with one attached hydrogen (secondary N) is 2. The Hall–Kier alpha value is -3.68.